The highest BCUT2D eigenvalue weighted by Crippen LogP contribution is 2.28. The van der Waals surface area contributed by atoms with Gasteiger partial charge >= 0.3 is 5.69 Å². The summed E-state index contributed by atoms with van der Waals surface area (Å²) in [5.74, 6) is 0.523. The van der Waals surface area contributed by atoms with E-state index in [1.54, 1.807) is 12.1 Å². The normalized spacial score (nSPS) is 14.8. The highest BCUT2D eigenvalue weighted by molar-refractivity contribution is 5.93. The van der Waals surface area contributed by atoms with E-state index >= 15 is 0 Å². The quantitative estimate of drug-likeness (QED) is 0.844. The smallest absolute Gasteiger partial charge is 0.332 e. The van der Waals surface area contributed by atoms with Gasteiger partial charge in [-0.3, -0.25) is 18.5 Å². The number of hydrogen-bond donors (Lipinski definition) is 1. The van der Waals surface area contributed by atoms with Gasteiger partial charge < -0.3 is 5.11 Å². The Kier molecular flexibility index (Phi) is 4.06. The second-order valence-electron chi connectivity index (χ2n) is 7.37. The standard InChI is InChI=1S/C16H24N6O3/c1-16(2,3)10-9-21-11-12(19(4)15(25)20(5)13(11)24)17-14(21)22(18-10)7-6-8-23/h23H,6-9H2,1-5H3. The van der Waals surface area contributed by atoms with Gasteiger partial charge in [0.25, 0.3) is 5.56 Å². The van der Waals surface area contributed by atoms with Crippen molar-refractivity contribution in [2.45, 2.75) is 33.7 Å². The van der Waals surface area contributed by atoms with Crippen molar-refractivity contribution in [3.63, 3.8) is 0 Å². The molecule has 0 aromatic carbocycles. The Morgan fingerprint density at radius 3 is 2.44 bits per heavy atom. The fourth-order valence-corrected chi connectivity index (χ4v) is 2.91. The lowest BCUT2D eigenvalue weighted by Gasteiger charge is -2.31. The van der Waals surface area contributed by atoms with Crippen LogP contribution in [0.2, 0.25) is 0 Å². The summed E-state index contributed by atoms with van der Waals surface area (Å²) in [6, 6.07) is 0. The van der Waals surface area contributed by atoms with Crippen LogP contribution in [-0.4, -0.2) is 42.7 Å². The van der Waals surface area contributed by atoms with Gasteiger partial charge in [-0.05, 0) is 6.42 Å². The summed E-state index contributed by atoms with van der Waals surface area (Å²) in [4.78, 5) is 29.4. The minimum Gasteiger partial charge on any atom is -0.396 e. The Balaban J connectivity index is 2.30. The zero-order chi connectivity index (χ0) is 18.5. The molecular weight excluding hydrogens is 324 g/mol. The number of aryl methyl sites for hydroxylation is 1. The Morgan fingerprint density at radius 1 is 1.16 bits per heavy atom. The zero-order valence-corrected chi connectivity index (χ0v) is 15.3. The van der Waals surface area contributed by atoms with Crippen LogP contribution in [-0.2, 0) is 20.6 Å². The summed E-state index contributed by atoms with van der Waals surface area (Å²) in [6.45, 7) is 7.15. The van der Waals surface area contributed by atoms with E-state index in [9.17, 15) is 14.7 Å². The van der Waals surface area contributed by atoms with E-state index in [4.69, 9.17) is 5.10 Å². The third kappa shape index (κ3) is 2.68. The minimum atomic E-state index is -0.410. The van der Waals surface area contributed by atoms with Crippen molar-refractivity contribution in [3.8, 4) is 0 Å². The van der Waals surface area contributed by atoms with Crippen molar-refractivity contribution >= 4 is 22.8 Å². The molecule has 2 aromatic rings. The molecule has 0 amide bonds. The van der Waals surface area contributed by atoms with Crippen LogP contribution in [0.25, 0.3) is 11.2 Å². The van der Waals surface area contributed by atoms with Crippen molar-refractivity contribution in [3.05, 3.63) is 20.8 Å². The van der Waals surface area contributed by atoms with Crippen LogP contribution in [0.4, 0.5) is 5.95 Å². The first kappa shape index (κ1) is 17.4. The van der Waals surface area contributed by atoms with E-state index in [0.29, 0.717) is 36.6 Å². The van der Waals surface area contributed by atoms with Crippen molar-refractivity contribution in [2.75, 3.05) is 18.2 Å². The van der Waals surface area contributed by atoms with Gasteiger partial charge in [0.15, 0.2) is 11.2 Å². The number of rotatable bonds is 3. The van der Waals surface area contributed by atoms with Crippen LogP contribution >= 0.6 is 0 Å². The highest BCUT2D eigenvalue weighted by Gasteiger charge is 2.31. The van der Waals surface area contributed by atoms with Gasteiger partial charge in [-0.2, -0.15) is 10.1 Å². The lowest BCUT2D eigenvalue weighted by atomic mass is 9.89. The molecule has 9 heteroatoms. The van der Waals surface area contributed by atoms with E-state index < -0.39 is 5.69 Å². The second kappa shape index (κ2) is 5.83. The SMILES string of the molecule is Cn1c(=O)c2c(nc3n2CC(C(C)(C)C)=NN3CCCO)n(C)c1=O. The number of aromatic nitrogens is 4. The maximum atomic E-state index is 12.7. The molecule has 3 rings (SSSR count). The molecule has 0 saturated heterocycles. The van der Waals surface area contributed by atoms with Crippen LogP contribution in [0.15, 0.2) is 14.7 Å². The molecule has 1 N–H and O–H groups in total. The molecule has 0 saturated carbocycles. The molecule has 1 aliphatic heterocycles. The number of hydrogen-bond acceptors (Lipinski definition) is 6. The molecule has 0 atom stereocenters. The van der Waals surface area contributed by atoms with Crippen LogP contribution in [0.5, 0.6) is 0 Å². The fourth-order valence-electron chi connectivity index (χ4n) is 2.91. The van der Waals surface area contributed by atoms with Gasteiger partial charge in [0.1, 0.15) is 0 Å². The van der Waals surface area contributed by atoms with Crippen LogP contribution in [0.1, 0.15) is 27.2 Å². The number of fused-ring (bicyclic) bond motifs is 3. The summed E-state index contributed by atoms with van der Waals surface area (Å²) in [5.41, 5.74) is 0.694. The Morgan fingerprint density at radius 2 is 1.84 bits per heavy atom. The van der Waals surface area contributed by atoms with Gasteiger partial charge in [0, 0.05) is 32.7 Å². The maximum absolute atomic E-state index is 12.7. The molecular formula is C16H24N6O3. The molecule has 0 bridgehead atoms. The van der Waals surface area contributed by atoms with Crippen LogP contribution in [0.3, 0.4) is 0 Å². The van der Waals surface area contributed by atoms with Crippen molar-refractivity contribution in [1.29, 1.82) is 0 Å². The number of nitrogens with zero attached hydrogens (tertiary/aromatic N) is 6. The largest absolute Gasteiger partial charge is 0.396 e. The molecule has 0 spiro atoms. The van der Waals surface area contributed by atoms with Crippen molar-refractivity contribution < 1.29 is 5.11 Å². The minimum absolute atomic E-state index is 0.0390. The summed E-state index contributed by atoms with van der Waals surface area (Å²) in [7, 11) is 3.07. The third-order valence-corrected chi connectivity index (χ3v) is 4.50. The molecule has 1 aliphatic rings. The van der Waals surface area contributed by atoms with E-state index in [-0.39, 0.29) is 17.6 Å². The Labute approximate surface area is 144 Å². The highest BCUT2D eigenvalue weighted by atomic mass is 16.3. The van der Waals surface area contributed by atoms with E-state index in [1.165, 1.54) is 11.6 Å². The van der Waals surface area contributed by atoms with Crippen molar-refractivity contribution in [2.24, 2.45) is 24.6 Å². The van der Waals surface area contributed by atoms with E-state index in [0.717, 1.165) is 10.3 Å². The predicted octanol–water partition coefficient (Wildman–Crippen LogP) is 0.0382. The summed E-state index contributed by atoms with van der Waals surface area (Å²) in [5, 5.41) is 15.6. The predicted molar refractivity (Wildman–Crippen MR) is 96.2 cm³/mol. The maximum Gasteiger partial charge on any atom is 0.332 e. The van der Waals surface area contributed by atoms with E-state index in [2.05, 4.69) is 25.8 Å². The van der Waals surface area contributed by atoms with Gasteiger partial charge in [0.2, 0.25) is 5.95 Å². The molecule has 3 heterocycles. The molecule has 0 fully saturated rings. The van der Waals surface area contributed by atoms with Gasteiger partial charge in [-0.1, -0.05) is 20.8 Å². The van der Waals surface area contributed by atoms with Gasteiger partial charge in [-0.15, -0.1) is 0 Å². The molecule has 0 aliphatic carbocycles. The third-order valence-electron chi connectivity index (χ3n) is 4.50. The first-order chi connectivity index (χ1) is 11.7. The first-order valence-electron chi connectivity index (χ1n) is 8.29. The number of hydrazone groups is 1. The molecule has 25 heavy (non-hydrogen) atoms. The second-order valence-corrected chi connectivity index (χ2v) is 7.37. The molecule has 9 nitrogen and oxygen atoms in total. The average molecular weight is 348 g/mol. The monoisotopic (exact) mass is 348 g/mol. The lowest BCUT2D eigenvalue weighted by molar-refractivity contribution is 0.289. The summed E-state index contributed by atoms with van der Waals surface area (Å²) >= 11 is 0. The Hall–Kier alpha value is -2.42. The molecule has 0 unspecified atom stereocenters. The number of aliphatic hydroxyl groups excluding tert-OH is 1. The Bertz CT molecular complexity index is 973. The molecule has 0 radical (unpaired) electrons. The fraction of sp³-hybridized carbons (Fsp3) is 0.625. The average Bonchev–Trinajstić information content (AvgIpc) is 2.94. The summed E-state index contributed by atoms with van der Waals surface area (Å²) in [6.07, 6.45) is 0.529. The molecule has 136 valence electrons. The number of anilines is 1. The topological polar surface area (TPSA) is 97.7 Å². The zero-order valence-electron chi connectivity index (χ0n) is 15.3. The first-order valence-corrected chi connectivity index (χ1v) is 8.29. The van der Waals surface area contributed by atoms with Gasteiger partial charge in [-0.25, -0.2) is 9.80 Å². The summed E-state index contributed by atoms with van der Waals surface area (Å²) < 4.78 is 4.29. The van der Waals surface area contributed by atoms with Crippen molar-refractivity contribution in [1.82, 2.24) is 18.7 Å². The lowest BCUT2D eigenvalue weighted by Crippen LogP contribution is -2.39. The number of aliphatic hydroxyl groups is 1. The van der Waals surface area contributed by atoms with Crippen LogP contribution < -0.4 is 16.3 Å². The van der Waals surface area contributed by atoms with Crippen LogP contribution in [0, 0.1) is 5.41 Å². The number of imidazole rings is 1. The molecule has 2 aromatic heterocycles. The van der Waals surface area contributed by atoms with Gasteiger partial charge in [0.05, 0.1) is 12.3 Å². The van der Waals surface area contributed by atoms with E-state index in [1.807, 2.05) is 4.57 Å².